The quantitative estimate of drug-likeness (QED) is 0.653. The van der Waals surface area contributed by atoms with Crippen LogP contribution in [-0.4, -0.2) is 9.78 Å². The van der Waals surface area contributed by atoms with Gasteiger partial charge in [0.05, 0.1) is 6.54 Å². The second kappa shape index (κ2) is 3.54. The van der Waals surface area contributed by atoms with Crippen LogP contribution in [0.15, 0.2) is 29.2 Å². The molecular weight excluding hydrogens is 176 g/mol. The first-order valence-electron chi connectivity index (χ1n) is 3.47. The van der Waals surface area contributed by atoms with Gasteiger partial charge in [-0.1, -0.05) is 23.8 Å². The standard InChI is InChI=1S/C8H9ClN2O/c1-6(2)5-11-8(12)7(9)3-4-10-11/h3-4H,1,5H2,2H3. The summed E-state index contributed by atoms with van der Waals surface area (Å²) >= 11 is 5.59. The van der Waals surface area contributed by atoms with E-state index in [-0.39, 0.29) is 10.6 Å². The maximum absolute atomic E-state index is 11.2. The first-order chi connectivity index (χ1) is 5.61. The predicted octanol–water partition coefficient (Wildman–Crippen LogP) is 1.47. The molecule has 0 aliphatic rings. The molecule has 0 saturated carbocycles. The van der Waals surface area contributed by atoms with E-state index in [0.717, 1.165) is 5.57 Å². The van der Waals surface area contributed by atoms with Gasteiger partial charge in [-0.25, -0.2) is 4.68 Å². The van der Waals surface area contributed by atoms with Gasteiger partial charge in [-0.3, -0.25) is 4.79 Å². The van der Waals surface area contributed by atoms with Crippen LogP contribution in [0.3, 0.4) is 0 Å². The number of hydrogen-bond acceptors (Lipinski definition) is 2. The zero-order valence-corrected chi connectivity index (χ0v) is 7.51. The van der Waals surface area contributed by atoms with E-state index in [9.17, 15) is 4.79 Å². The summed E-state index contributed by atoms with van der Waals surface area (Å²) in [6.07, 6.45) is 1.49. The van der Waals surface area contributed by atoms with Gasteiger partial charge < -0.3 is 0 Å². The lowest BCUT2D eigenvalue weighted by Gasteiger charge is -2.02. The minimum absolute atomic E-state index is 0.186. The van der Waals surface area contributed by atoms with Gasteiger partial charge in [0, 0.05) is 6.20 Å². The molecule has 0 unspecified atom stereocenters. The summed E-state index contributed by atoms with van der Waals surface area (Å²) in [5.41, 5.74) is 0.592. The average molecular weight is 185 g/mol. The zero-order valence-electron chi connectivity index (χ0n) is 6.75. The van der Waals surface area contributed by atoms with Gasteiger partial charge in [0.2, 0.25) is 0 Å². The van der Waals surface area contributed by atoms with E-state index < -0.39 is 0 Å². The van der Waals surface area contributed by atoms with Gasteiger partial charge in [0.25, 0.3) is 5.56 Å². The molecule has 0 aliphatic heterocycles. The minimum atomic E-state index is -0.276. The highest BCUT2D eigenvalue weighted by atomic mass is 35.5. The fourth-order valence-electron chi connectivity index (χ4n) is 0.795. The Kier molecular flexibility index (Phi) is 2.65. The molecule has 0 fully saturated rings. The Hall–Kier alpha value is -1.09. The molecule has 0 amide bonds. The van der Waals surface area contributed by atoms with Crippen molar-refractivity contribution in [1.29, 1.82) is 0 Å². The van der Waals surface area contributed by atoms with Gasteiger partial charge in [-0.2, -0.15) is 5.10 Å². The largest absolute Gasteiger partial charge is 0.285 e. The molecule has 0 N–H and O–H groups in total. The van der Waals surface area contributed by atoms with Crippen molar-refractivity contribution < 1.29 is 0 Å². The van der Waals surface area contributed by atoms with Crippen molar-refractivity contribution in [2.75, 3.05) is 0 Å². The van der Waals surface area contributed by atoms with Crippen LogP contribution in [0.25, 0.3) is 0 Å². The Morgan fingerprint density at radius 1 is 1.83 bits per heavy atom. The lowest BCUT2D eigenvalue weighted by atomic mass is 10.3. The number of nitrogens with zero attached hydrogens (tertiary/aromatic N) is 2. The molecule has 0 bridgehead atoms. The summed E-state index contributed by atoms with van der Waals surface area (Å²) in [6.45, 7) is 5.92. The third-order valence-corrected chi connectivity index (χ3v) is 1.57. The van der Waals surface area contributed by atoms with Crippen molar-refractivity contribution in [2.24, 2.45) is 0 Å². The number of allylic oxidation sites excluding steroid dienone is 1. The summed E-state index contributed by atoms with van der Waals surface area (Å²) < 4.78 is 1.28. The molecule has 0 saturated heterocycles. The van der Waals surface area contributed by atoms with Crippen molar-refractivity contribution in [3.63, 3.8) is 0 Å². The van der Waals surface area contributed by atoms with Gasteiger partial charge >= 0.3 is 0 Å². The van der Waals surface area contributed by atoms with Crippen LogP contribution in [0.4, 0.5) is 0 Å². The first kappa shape index (κ1) is 9.00. The SMILES string of the molecule is C=C(C)Cn1nccc(Cl)c1=O. The van der Waals surface area contributed by atoms with Crippen molar-refractivity contribution in [3.8, 4) is 0 Å². The second-order valence-corrected chi connectivity index (χ2v) is 3.01. The smallest absolute Gasteiger partial charge is 0.266 e. The van der Waals surface area contributed by atoms with Crippen LogP contribution in [0.2, 0.25) is 5.02 Å². The van der Waals surface area contributed by atoms with Crippen molar-refractivity contribution >= 4 is 11.6 Å². The summed E-state index contributed by atoms with van der Waals surface area (Å²) in [5, 5.41) is 4.02. The molecule has 3 nitrogen and oxygen atoms in total. The van der Waals surface area contributed by atoms with Crippen LogP contribution < -0.4 is 5.56 Å². The second-order valence-electron chi connectivity index (χ2n) is 2.60. The first-order valence-corrected chi connectivity index (χ1v) is 3.85. The summed E-state index contributed by atoms with van der Waals surface area (Å²) in [5.74, 6) is 0. The Bertz CT molecular complexity index is 356. The molecule has 0 atom stereocenters. The molecule has 1 aromatic heterocycles. The summed E-state index contributed by atoms with van der Waals surface area (Å²) in [4.78, 5) is 11.2. The lowest BCUT2D eigenvalue weighted by Crippen LogP contribution is -2.22. The highest BCUT2D eigenvalue weighted by molar-refractivity contribution is 6.30. The van der Waals surface area contributed by atoms with Gasteiger partial charge in [-0.15, -0.1) is 0 Å². The molecule has 0 aromatic carbocycles. The molecule has 0 aliphatic carbocycles. The van der Waals surface area contributed by atoms with Crippen LogP contribution >= 0.6 is 11.6 Å². The molecule has 12 heavy (non-hydrogen) atoms. The van der Waals surface area contributed by atoms with Crippen LogP contribution in [-0.2, 0) is 6.54 Å². The third kappa shape index (κ3) is 1.95. The molecule has 0 spiro atoms. The summed E-state index contributed by atoms with van der Waals surface area (Å²) in [7, 11) is 0. The molecular formula is C8H9ClN2O. The minimum Gasteiger partial charge on any atom is -0.266 e. The van der Waals surface area contributed by atoms with Crippen molar-refractivity contribution in [2.45, 2.75) is 13.5 Å². The normalized spacial score (nSPS) is 9.83. The third-order valence-electron chi connectivity index (χ3n) is 1.29. The Morgan fingerprint density at radius 2 is 2.50 bits per heavy atom. The Balaban J connectivity index is 3.09. The maximum Gasteiger partial charge on any atom is 0.285 e. The van der Waals surface area contributed by atoms with E-state index >= 15 is 0 Å². The lowest BCUT2D eigenvalue weighted by molar-refractivity contribution is 0.632. The van der Waals surface area contributed by atoms with Gasteiger partial charge in [0.15, 0.2) is 0 Å². The molecule has 64 valence electrons. The summed E-state index contributed by atoms with van der Waals surface area (Å²) in [6, 6.07) is 1.47. The maximum atomic E-state index is 11.2. The zero-order chi connectivity index (χ0) is 9.14. The van der Waals surface area contributed by atoms with Crippen LogP contribution in [0.1, 0.15) is 6.92 Å². The van der Waals surface area contributed by atoms with Gasteiger partial charge in [-0.05, 0) is 13.0 Å². The highest BCUT2D eigenvalue weighted by Crippen LogP contribution is 1.98. The van der Waals surface area contributed by atoms with Crippen molar-refractivity contribution in [1.82, 2.24) is 9.78 Å². The average Bonchev–Trinajstić information content (AvgIpc) is 1.98. The van der Waals surface area contributed by atoms with E-state index in [4.69, 9.17) is 11.6 Å². The number of rotatable bonds is 2. The van der Waals surface area contributed by atoms with E-state index in [1.165, 1.54) is 16.9 Å². The van der Waals surface area contributed by atoms with Crippen LogP contribution in [0.5, 0.6) is 0 Å². The Labute approximate surface area is 75.3 Å². The molecule has 4 heteroatoms. The van der Waals surface area contributed by atoms with E-state index in [2.05, 4.69) is 11.7 Å². The predicted molar refractivity (Wildman–Crippen MR) is 48.3 cm³/mol. The van der Waals surface area contributed by atoms with Crippen molar-refractivity contribution in [3.05, 3.63) is 39.8 Å². The van der Waals surface area contributed by atoms with Crippen LogP contribution in [0, 0.1) is 0 Å². The monoisotopic (exact) mass is 184 g/mol. The van der Waals surface area contributed by atoms with E-state index in [1.807, 2.05) is 6.92 Å². The van der Waals surface area contributed by atoms with E-state index in [1.54, 1.807) is 0 Å². The highest BCUT2D eigenvalue weighted by Gasteiger charge is 2.00. The number of aromatic nitrogens is 2. The van der Waals surface area contributed by atoms with Gasteiger partial charge in [0.1, 0.15) is 5.02 Å². The fourth-order valence-corrected chi connectivity index (χ4v) is 0.948. The fraction of sp³-hybridized carbons (Fsp3) is 0.250. The number of hydrogen-bond donors (Lipinski definition) is 0. The topological polar surface area (TPSA) is 34.9 Å². The number of halogens is 1. The van der Waals surface area contributed by atoms with E-state index in [0.29, 0.717) is 6.54 Å². The molecule has 1 heterocycles. The molecule has 1 rings (SSSR count). The Morgan fingerprint density at radius 3 is 3.08 bits per heavy atom. The molecule has 0 radical (unpaired) electrons. The molecule has 1 aromatic rings.